The number of hydrogen-bond donors (Lipinski definition) is 0. The van der Waals surface area contributed by atoms with Crippen molar-refractivity contribution in [1.82, 2.24) is 19.8 Å². The van der Waals surface area contributed by atoms with Gasteiger partial charge in [-0.05, 0) is 44.9 Å². The molecule has 1 aromatic heterocycles. The lowest BCUT2D eigenvalue weighted by Gasteiger charge is -2.26. The number of benzene rings is 1. The summed E-state index contributed by atoms with van der Waals surface area (Å²) in [6.07, 6.45) is 1.57. The fourth-order valence-electron chi connectivity index (χ4n) is 3.09. The molecule has 24 heavy (non-hydrogen) atoms. The van der Waals surface area contributed by atoms with E-state index >= 15 is 0 Å². The van der Waals surface area contributed by atoms with Crippen LogP contribution in [0.5, 0.6) is 0 Å². The predicted molar refractivity (Wildman–Crippen MR) is 91.8 cm³/mol. The van der Waals surface area contributed by atoms with Crippen LogP contribution in [-0.4, -0.2) is 58.3 Å². The Morgan fingerprint density at radius 3 is 2.46 bits per heavy atom. The zero-order valence-electron chi connectivity index (χ0n) is 14.5. The van der Waals surface area contributed by atoms with Crippen LogP contribution in [0, 0.1) is 13.8 Å². The van der Waals surface area contributed by atoms with Gasteiger partial charge in [0, 0.05) is 26.2 Å². The summed E-state index contributed by atoms with van der Waals surface area (Å²) in [6.45, 7) is 4.44. The van der Waals surface area contributed by atoms with E-state index in [-0.39, 0.29) is 17.9 Å². The average Bonchev–Trinajstić information content (AvgIpc) is 3.03. The molecule has 2 aromatic rings. The number of carbonyl (C=O) groups excluding carboxylic acids is 2. The maximum absolute atomic E-state index is 12.9. The molecule has 6 heteroatoms. The fourth-order valence-corrected chi connectivity index (χ4v) is 3.09. The highest BCUT2D eigenvalue weighted by Crippen LogP contribution is 2.23. The largest absolute Gasteiger partial charge is 0.347 e. The van der Waals surface area contributed by atoms with Crippen LogP contribution >= 0.6 is 0 Å². The Labute approximate surface area is 141 Å². The van der Waals surface area contributed by atoms with Gasteiger partial charge in [-0.2, -0.15) is 0 Å². The van der Waals surface area contributed by atoms with Gasteiger partial charge in [-0.1, -0.05) is 0 Å². The number of rotatable bonds is 2. The van der Waals surface area contributed by atoms with E-state index in [1.165, 1.54) is 0 Å². The van der Waals surface area contributed by atoms with Crippen molar-refractivity contribution in [2.24, 2.45) is 0 Å². The molecule has 2 heterocycles. The van der Waals surface area contributed by atoms with Crippen LogP contribution in [0.2, 0.25) is 0 Å². The smallest absolute Gasteiger partial charge is 0.254 e. The SMILES string of the molecule is Cc1nc2ccc(C(=O)N3CCCC3C(=O)N(C)C)cc2nc1C. The first-order chi connectivity index (χ1) is 11.4. The molecule has 0 bridgehead atoms. The van der Waals surface area contributed by atoms with E-state index in [1.54, 1.807) is 36.0 Å². The molecule has 0 spiro atoms. The molecule has 1 unspecified atom stereocenters. The number of hydrogen-bond acceptors (Lipinski definition) is 4. The van der Waals surface area contributed by atoms with E-state index in [4.69, 9.17) is 0 Å². The zero-order chi connectivity index (χ0) is 17.4. The van der Waals surface area contributed by atoms with E-state index < -0.39 is 0 Å². The number of aromatic nitrogens is 2. The van der Waals surface area contributed by atoms with Gasteiger partial charge in [0.1, 0.15) is 6.04 Å². The van der Waals surface area contributed by atoms with Crippen LogP contribution < -0.4 is 0 Å². The molecule has 0 aliphatic carbocycles. The molecule has 2 amide bonds. The predicted octanol–water partition coefficient (Wildman–Crippen LogP) is 1.94. The van der Waals surface area contributed by atoms with Gasteiger partial charge < -0.3 is 9.80 Å². The summed E-state index contributed by atoms with van der Waals surface area (Å²) in [5.74, 6) is -0.137. The van der Waals surface area contributed by atoms with Crippen molar-refractivity contribution >= 4 is 22.8 Å². The zero-order valence-corrected chi connectivity index (χ0v) is 14.5. The van der Waals surface area contributed by atoms with Crippen LogP contribution in [0.1, 0.15) is 34.6 Å². The highest BCUT2D eigenvalue weighted by molar-refractivity contribution is 6.00. The van der Waals surface area contributed by atoms with Gasteiger partial charge in [0.2, 0.25) is 5.91 Å². The third-order valence-corrected chi connectivity index (χ3v) is 4.56. The second-order valence-corrected chi connectivity index (χ2v) is 6.49. The molecular formula is C18H22N4O2. The van der Waals surface area contributed by atoms with Crippen LogP contribution in [0.3, 0.4) is 0 Å². The second kappa shape index (κ2) is 6.19. The minimum atomic E-state index is -0.367. The topological polar surface area (TPSA) is 66.4 Å². The van der Waals surface area contributed by atoms with Crippen LogP contribution in [0.15, 0.2) is 18.2 Å². The maximum Gasteiger partial charge on any atom is 0.254 e. The highest BCUT2D eigenvalue weighted by atomic mass is 16.2. The fraction of sp³-hybridized carbons (Fsp3) is 0.444. The third kappa shape index (κ3) is 2.84. The summed E-state index contributed by atoms with van der Waals surface area (Å²) in [4.78, 5) is 37.4. The summed E-state index contributed by atoms with van der Waals surface area (Å²) in [5, 5.41) is 0. The van der Waals surface area contributed by atoms with Gasteiger partial charge in [0.25, 0.3) is 5.91 Å². The number of likely N-dealkylation sites (tertiary alicyclic amines) is 1. The van der Waals surface area contributed by atoms with Crippen molar-refractivity contribution in [3.63, 3.8) is 0 Å². The molecule has 0 radical (unpaired) electrons. The Morgan fingerprint density at radius 2 is 1.79 bits per heavy atom. The Bertz CT molecular complexity index is 816. The van der Waals surface area contributed by atoms with Gasteiger partial charge in [-0.25, -0.2) is 9.97 Å². The summed E-state index contributed by atoms with van der Waals surface area (Å²) >= 11 is 0. The van der Waals surface area contributed by atoms with Crippen LogP contribution in [-0.2, 0) is 4.79 Å². The number of carbonyl (C=O) groups is 2. The summed E-state index contributed by atoms with van der Waals surface area (Å²) < 4.78 is 0. The summed E-state index contributed by atoms with van der Waals surface area (Å²) in [7, 11) is 3.44. The van der Waals surface area contributed by atoms with E-state index in [0.29, 0.717) is 24.0 Å². The minimum absolute atomic E-state index is 0.0205. The minimum Gasteiger partial charge on any atom is -0.347 e. The van der Waals surface area contributed by atoms with Gasteiger partial charge >= 0.3 is 0 Å². The second-order valence-electron chi connectivity index (χ2n) is 6.49. The quantitative estimate of drug-likeness (QED) is 0.846. The van der Waals surface area contributed by atoms with E-state index in [2.05, 4.69) is 9.97 Å². The van der Waals surface area contributed by atoms with E-state index in [1.807, 2.05) is 19.9 Å². The van der Waals surface area contributed by atoms with Crippen molar-refractivity contribution < 1.29 is 9.59 Å². The van der Waals surface area contributed by atoms with Crippen LogP contribution in [0.25, 0.3) is 11.0 Å². The van der Waals surface area contributed by atoms with Crippen molar-refractivity contribution in [1.29, 1.82) is 0 Å². The standard InChI is InChI=1S/C18H22N4O2/c1-11-12(2)20-15-10-13(7-8-14(15)19-11)17(23)22-9-5-6-16(22)18(24)21(3)4/h7-8,10,16H,5-6,9H2,1-4H3. The van der Waals surface area contributed by atoms with Crippen molar-refractivity contribution in [2.75, 3.05) is 20.6 Å². The van der Waals surface area contributed by atoms with Crippen molar-refractivity contribution in [3.05, 3.63) is 35.2 Å². The average molecular weight is 326 g/mol. The Hall–Kier alpha value is -2.50. The van der Waals surface area contributed by atoms with Gasteiger partial charge in [0.15, 0.2) is 0 Å². The Morgan fingerprint density at radius 1 is 1.12 bits per heavy atom. The molecule has 1 aromatic carbocycles. The lowest BCUT2D eigenvalue weighted by molar-refractivity contribution is -0.132. The van der Waals surface area contributed by atoms with Crippen molar-refractivity contribution in [3.8, 4) is 0 Å². The van der Waals surface area contributed by atoms with Gasteiger partial charge in [0.05, 0.1) is 22.4 Å². The van der Waals surface area contributed by atoms with Gasteiger partial charge in [-0.3, -0.25) is 9.59 Å². The molecule has 6 nitrogen and oxygen atoms in total. The van der Waals surface area contributed by atoms with Crippen LogP contribution in [0.4, 0.5) is 0 Å². The third-order valence-electron chi connectivity index (χ3n) is 4.56. The van der Waals surface area contributed by atoms with E-state index in [0.717, 1.165) is 23.3 Å². The molecule has 0 saturated carbocycles. The molecule has 1 fully saturated rings. The molecule has 1 saturated heterocycles. The Kier molecular flexibility index (Phi) is 4.22. The normalized spacial score (nSPS) is 17.3. The highest BCUT2D eigenvalue weighted by Gasteiger charge is 2.35. The molecule has 1 aliphatic rings. The first kappa shape index (κ1) is 16.4. The lowest BCUT2D eigenvalue weighted by atomic mass is 10.1. The molecule has 1 aliphatic heterocycles. The van der Waals surface area contributed by atoms with E-state index in [9.17, 15) is 9.59 Å². The lowest BCUT2D eigenvalue weighted by Crippen LogP contribution is -2.45. The number of aryl methyl sites for hydroxylation is 2. The summed E-state index contributed by atoms with van der Waals surface area (Å²) in [6, 6.07) is 4.99. The molecular weight excluding hydrogens is 304 g/mol. The monoisotopic (exact) mass is 326 g/mol. The first-order valence-corrected chi connectivity index (χ1v) is 8.15. The first-order valence-electron chi connectivity index (χ1n) is 8.15. The molecule has 126 valence electrons. The Balaban J connectivity index is 1.93. The van der Waals surface area contributed by atoms with Gasteiger partial charge in [-0.15, -0.1) is 0 Å². The number of likely N-dealkylation sites (N-methyl/N-ethyl adjacent to an activating group) is 1. The molecule has 1 atom stereocenters. The summed E-state index contributed by atoms with van der Waals surface area (Å²) in [5.41, 5.74) is 3.78. The molecule has 3 rings (SSSR count). The van der Waals surface area contributed by atoms with Crippen molar-refractivity contribution in [2.45, 2.75) is 32.7 Å². The molecule has 0 N–H and O–H groups in total. The number of fused-ring (bicyclic) bond motifs is 1. The maximum atomic E-state index is 12.9. The number of amides is 2. The number of nitrogens with zero attached hydrogens (tertiary/aromatic N) is 4.